The molecule has 0 aliphatic rings. The molecule has 2 N–H and O–H groups in total. The lowest BCUT2D eigenvalue weighted by Crippen LogP contribution is -2.49. The van der Waals surface area contributed by atoms with Crippen LogP contribution in [0.4, 0.5) is 8.78 Å². The van der Waals surface area contributed by atoms with Gasteiger partial charge in [0.1, 0.15) is 0 Å². The first-order valence-electron chi connectivity index (χ1n) is 2.73. The van der Waals surface area contributed by atoms with E-state index in [1.54, 1.807) is 0 Å². The highest BCUT2D eigenvalue weighted by Gasteiger charge is 2.54. The summed E-state index contributed by atoms with van der Waals surface area (Å²) in [6.07, 6.45) is 0.487. The Hall–Kier alpha value is -0.970. The highest BCUT2D eigenvalue weighted by Crippen LogP contribution is 2.29. The van der Waals surface area contributed by atoms with Crippen LogP contribution in [-0.2, 0) is 4.79 Å². The summed E-state index contributed by atoms with van der Waals surface area (Å²) in [6, 6.07) is 0. The van der Waals surface area contributed by atoms with Gasteiger partial charge in [-0.2, -0.15) is 8.78 Å². The third-order valence-electron chi connectivity index (χ3n) is 1.30. The Morgan fingerprint density at radius 1 is 1.64 bits per heavy atom. The molecule has 1 atom stereocenters. The quantitative estimate of drug-likeness (QED) is 0.605. The zero-order valence-electron chi connectivity index (χ0n) is 5.84. The normalized spacial score (nSPS) is 17.1. The summed E-state index contributed by atoms with van der Waals surface area (Å²) < 4.78 is 24.8. The van der Waals surface area contributed by atoms with Crippen LogP contribution < -0.4 is 0 Å². The maximum absolute atomic E-state index is 12.4. The summed E-state index contributed by atoms with van der Waals surface area (Å²) in [5, 5.41) is 16.7. The van der Waals surface area contributed by atoms with Crippen molar-refractivity contribution < 1.29 is 23.8 Å². The maximum Gasteiger partial charge on any atom is 0.378 e. The molecule has 0 fully saturated rings. The third-order valence-corrected chi connectivity index (χ3v) is 1.30. The third kappa shape index (κ3) is 1.54. The van der Waals surface area contributed by atoms with Crippen LogP contribution in [0, 0.1) is 0 Å². The summed E-state index contributed by atoms with van der Waals surface area (Å²) in [4.78, 5) is 9.87. The lowest BCUT2D eigenvalue weighted by atomic mass is 9.99. The fraction of sp³-hybridized carbons (Fsp3) is 0.500. The van der Waals surface area contributed by atoms with Gasteiger partial charge < -0.3 is 10.2 Å². The number of carboxylic acids is 1. The Labute approximate surface area is 62.0 Å². The smallest absolute Gasteiger partial charge is 0.378 e. The van der Waals surface area contributed by atoms with Gasteiger partial charge in [0.2, 0.25) is 0 Å². The van der Waals surface area contributed by atoms with E-state index in [1.807, 2.05) is 0 Å². The molecule has 0 aliphatic heterocycles. The van der Waals surface area contributed by atoms with E-state index >= 15 is 0 Å². The van der Waals surface area contributed by atoms with Gasteiger partial charge >= 0.3 is 11.9 Å². The minimum Gasteiger partial charge on any atom is -0.477 e. The molecule has 0 aliphatic carbocycles. The zero-order chi connectivity index (χ0) is 9.28. The second-order valence-electron chi connectivity index (χ2n) is 2.23. The number of aliphatic hydroxyl groups is 1. The minimum absolute atomic E-state index is 0.487. The van der Waals surface area contributed by atoms with E-state index in [1.165, 1.54) is 0 Å². The Kier molecular flexibility index (Phi) is 2.35. The largest absolute Gasteiger partial charge is 0.477 e. The molecule has 64 valence electrons. The number of hydrogen-bond acceptors (Lipinski definition) is 2. The van der Waals surface area contributed by atoms with Gasteiger partial charge in [-0.1, -0.05) is 6.08 Å². The predicted octanol–water partition coefficient (Wildman–Crippen LogP) is 0.643. The number of carbonyl (C=O) groups is 1. The zero-order valence-corrected chi connectivity index (χ0v) is 5.84. The van der Waals surface area contributed by atoms with Crippen molar-refractivity contribution >= 4 is 5.97 Å². The molecule has 0 aromatic heterocycles. The second-order valence-corrected chi connectivity index (χ2v) is 2.23. The van der Waals surface area contributed by atoms with Crippen molar-refractivity contribution in [3.8, 4) is 0 Å². The molecule has 0 saturated carbocycles. The van der Waals surface area contributed by atoms with Gasteiger partial charge in [0, 0.05) is 0 Å². The molecule has 11 heavy (non-hydrogen) atoms. The lowest BCUT2D eigenvalue weighted by molar-refractivity contribution is -0.193. The lowest BCUT2D eigenvalue weighted by Gasteiger charge is -2.25. The molecule has 0 bridgehead atoms. The standard InChI is InChI=1S/C6H8F2O3/c1-3-5(2,11)6(7,8)4(9)10/h3,11H,1H2,2H3,(H,9,10). The van der Waals surface area contributed by atoms with Crippen LogP contribution in [0.3, 0.4) is 0 Å². The second kappa shape index (κ2) is 2.58. The van der Waals surface area contributed by atoms with Crippen LogP contribution in [-0.4, -0.2) is 27.7 Å². The predicted molar refractivity (Wildman–Crippen MR) is 33.4 cm³/mol. The van der Waals surface area contributed by atoms with Gasteiger partial charge in [-0.15, -0.1) is 6.58 Å². The van der Waals surface area contributed by atoms with Gasteiger partial charge in [-0.3, -0.25) is 0 Å². The number of aliphatic carboxylic acids is 1. The van der Waals surface area contributed by atoms with Crippen LogP contribution >= 0.6 is 0 Å². The fourth-order valence-corrected chi connectivity index (χ4v) is 0.345. The number of rotatable bonds is 3. The molecular weight excluding hydrogens is 158 g/mol. The summed E-state index contributed by atoms with van der Waals surface area (Å²) in [6.45, 7) is 3.56. The molecule has 0 aromatic carbocycles. The molecule has 3 nitrogen and oxygen atoms in total. The van der Waals surface area contributed by atoms with Crippen molar-refractivity contribution in [2.24, 2.45) is 0 Å². The van der Waals surface area contributed by atoms with E-state index in [-0.39, 0.29) is 0 Å². The van der Waals surface area contributed by atoms with Gasteiger partial charge in [-0.05, 0) is 6.92 Å². The molecule has 0 amide bonds. The molecule has 0 aromatic rings. The van der Waals surface area contributed by atoms with Crippen molar-refractivity contribution in [3.05, 3.63) is 12.7 Å². The van der Waals surface area contributed by atoms with Gasteiger partial charge in [0.15, 0.2) is 5.60 Å². The molecule has 0 rings (SSSR count). The van der Waals surface area contributed by atoms with E-state index in [9.17, 15) is 13.6 Å². The van der Waals surface area contributed by atoms with Crippen LogP contribution in [0.25, 0.3) is 0 Å². The summed E-state index contributed by atoms with van der Waals surface area (Å²) in [7, 11) is 0. The number of halogens is 2. The van der Waals surface area contributed by atoms with Crippen molar-refractivity contribution in [1.29, 1.82) is 0 Å². The molecule has 1 unspecified atom stereocenters. The van der Waals surface area contributed by atoms with E-state index in [2.05, 4.69) is 6.58 Å². The van der Waals surface area contributed by atoms with Gasteiger partial charge in [0.05, 0.1) is 0 Å². The highest BCUT2D eigenvalue weighted by molar-refractivity contribution is 5.77. The molecular formula is C6H8F2O3. The van der Waals surface area contributed by atoms with Gasteiger partial charge in [0.25, 0.3) is 0 Å². The first-order chi connectivity index (χ1) is 4.75. The highest BCUT2D eigenvalue weighted by atomic mass is 19.3. The first kappa shape index (κ1) is 10.0. The van der Waals surface area contributed by atoms with Crippen molar-refractivity contribution in [3.63, 3.8) is 0 Å². The monoisotopic (exact) mass is 166 g/mol. The van der Waals surface area contributed by atoms with Crippen LogP contribution in [0.15, 0.2) is 12.7 Å². The SMILES string of the molecule is C=CC(C)(O)C(F)(F)C(=O)O. The van der Waals surface area contributed by atoms with Crippen molar-refractivity contribution in [2.45, 2.75) is 18.4 Å². The molecule has 5 heteroatoms. The number of hydrogen-bond donors (Lipinski definition) is 2. The van der Waals surface area contributed by atoms with Crippen LogP contribution in [0.5, 0.6) is 0 Å². The molecule has 0 saturated heterocycles. The number of carboxylic acid groups (broad SMARTS) is 1. The minimum atomic E-state index is -4.20. The molecule has 0 spiro atoms. The summed E-state index contributed by atoms with van der Waals surface area (Å²) in [5.41, 5.74) is -2.71. The molecule has 0 heterocycles. The Balaban J connectivity index is 4.81. The summed E-state index contributed by atoms with van der Waals surface area (Å²) >= 11 is 0. The van der Waals surface area contributed by atoms with E-state index < -0.39 is 17.5 Å². The Bertz CT molecular complexity index is 186. The van der Waals surface area contributed by atoms with Crippen molar-refractivity contribution in [1.82, 2.24) is 0 Å². The number of alkyl halides is 2. The van der Waals surface area contributed by atoms with Crippen molar-refractivity contribution in [2.75, 3.05) is 0 Å². The first-order valence-corrected chi connectivity index (χ1v) is 2.73. The van der Waals surface area contributed by atoms with E-state index in [0.29, 0.717) is 13.0 Å². The van der Waals surface area contributed by atoms with E-state index in [4.69, 9.17) is 10.2 Å². The van der Waals surface area contributed by atoms with Crippen LogP contribution in [0.1, 0.15) is 6.92 Å². The van der Waals surface area contributed by atoms with Crippen LogP contribution in [0.2, 0.25) is 0 Å². The molecule has 0 radical (unpaired) electrons. The average molecular weight is 166 g/mol. The van der Waals surface area contributed by atoms with E-state index in [0.717, 1.165) is 0 Å². The Morgan fingerprint density at radius 3 is 2.09 bits per heavy atom. The maximum atomic E-state index is 12.4. The van der Waals surface area contributed by atoms with Gasteiger partial charge in [-0.25, -0.2) is 4.79 Å². The fourth-order valence-electron chi connectivity index (χ4n) is 0.345. The summed E-state index contributed by atoms with van der Waals surface area (Å²) in [5.74, 6) is -6.57. The topological polar surface area (TPSA) is 57.5 Å². The Morgan fingerprint density at radius 2 is 2.00 bits per heavy atom. The average Bonchev–Trinajstić information content (AvgIpc) is 1.87.